The monoisotopic (exact) mass is 408 g/mol. The van der Waals surface area contributed by atoms with Crippen molar-refractivity contribution >= 4 is 32.4 Å². The predicted molar refractivity (Wildman–Crippen MR) is 97.1 cm³/mol. The third-order valence-electron chi connectivity index (χ3n) is 4.02. The van der Waals surface area contributed by atoms with Gasteiger partial charge in [-0.15, -0.1) is 11.3 Å². The highest BCUT2D eigenvalue weighted by molar-refractivity contribution is 7.90. The second-order valence-corrected chi connectivity index (χ2v) is 8.45. The zero-order valence-corrected chi connectivity index (χ0v) is 15.1. The number of thiophene rings is 1. The van der Waals surface area contributed by atoms with Crippen LogP contribution < -0.4 is 0 Å². The first-order valence-corrected chi connectivity index (χ1v) is 10.0. The highest BCUT2D eigenvalue weighted by atomic mass is 32.2. The van der Waals surface area contributed by atoms with Crippen LogP contribution in [0.15, 0.2) is 71.2 Å². The van der Waals surface area contributed by atoms with Gasteiger partial charge in [0.1, 0.15) is 4.88 Å². The summed E-state index contributed by atoms with van der Waals surface area (Å²) in [6, 6.07) is 12.1. The minimum absolute atomic E-state index is 0.0698. The first-order chi connectivity index (χ1) is 12.8. The maximum atomic E-state index is 13.0. The summed E-state index contributed by atoms with van der Waals surface area (Å²) in [5.41, 5.74) is 0.841. The van der Waals surface area contributed by atoms with E-state index < -0.39 is 21.1 Å². The number of fused-ring (bicyclic) bond motifs is 1. The molecule has 0 unspecified atom stereocenters. The van der Waals surface area contributed by atoms with Crippen LogP contribution in [0.2, 0.25) is 0 Å². The summed E-state index contributed by atoms with van der Waals surface area (Å²) in [6.45, 7) is 0. The molecule has 0 aliphatic heterocycles. The standard InChI is InChI=1S/C18H11F3N2O2S2/c19-18(20,21)16-9-12(11-26-16)15-10-23(17-14(15)7-4-8-22-17)27(24,25)13-5-2-1-3-6-13/h1-11H. The van der Waals surface area contributed by atoms with Crippen LogP contribution in [-0.4, -0.2) is 17.4 Å². The average Bonchev–Trinajstić information content (AvgIpc) is 3.27. The number of hydrogen-bond acceptors (Lipinski definition) is 4. The van der Waals surface area contributed by atoms with Gasteiger partial charge in [-0.1, -0.05) is 18.2 Å². The Bertz CT molecular complexity index is 1230. The molecule has 0 amide bonds. The summed E-state index contributed by atoms with van der Waals surface area (Å²) >= 11 is 0.569. The van der Waals surface area contributed by atoms with Crippen molar-refractivity contribution in [1.82, 2.24) is 8.96 Å². The second-order valence-electron chi connectivity index (χ2n) is 5.73. The number of alkyl halides is 3. The van der Waals surface area contributed by atoms with Gasteiger partial charge in [0.15, 0.2) is 5.65 Å². The van der Waals surface area contributed by atoms with Crippen molar-refractivity contribution in [2.45, 2.75) is 11.1 Å². The Labute approximate surface area is 156 Å². The van der Waals surface area contributed by atoms with Gasteiger partial charge in [0.25, 0.3) is 10.0 Å². The molecule has 1 aromatic carbocycles. The van der Waals surface area contributed by atoms with Gasteiger partial charge in [0, 0.05) is 23.3 Å². The van der Waals surface area contributed by atoms with Gasteiger partial charge >= 0.3 is 6.18 Å². The zero-order valence-electron chi connectivity index (χ0n) is 13.5. The van der Waals surface area contributed by atoms with Crippen LogP contribution in [0.25, 0.3) is 22.2 Å². The summed E-state index contributed by atoms with van der Waals surface area (Å²) in [5.74, 6) is 0. The Balaban J connectivity index is 1.94. The van der Waals surface area contributed by atoms with Gasteiger partial charge < -0.3 is 0 Å². The maximum absolute atomic E-state index is 13.0. The molecule has 0 fully saturated rings. The Morgan fingerprint density at radius 1 is 1.04 bits per heavy atom. The SMILES string of the molecule is O=S(=O)(c1ccccc1)n1cc(-c2csc(C(F)(F)F)c2)c2cccnc21. The van der Waals surface area contributed by atoms with Gasteiger partial charge in [-0.05, 0) is 41.3 Å². The van der Waals surface area contributed by atoms with E-state index in [-0.39, 0.29) is 10.5 Å². The third-order valence-corrected chi connectivity index (χ3v) is 6.66. The van der Waals surface area contributed by atoms with Gasteiger partial charge in [-0.3, -0.25) is 0 Å². The smallest absolute Gasteiger partial charge is 0.237 e. The number of rotatable bonds is 3. The Hall–Kier alpha value is -2.65. The van der Waals surface area contributed by atoms with Crippen molar-refractivity contribution in [2.24, 2.45) is 0 Å². The minimum atomic E-state index is -4.45. The molecule has 0 bridgehead atoms. The van der Waals surface area contributed by atoms with Crippen LogP contribution >= 0.6 is 11.3 Å². The van der Waals surface area contributed by atoms with E-state index in [0.717, 1.165) is 10.0 Å². The molecule has 4 nitrogen and oxygen atoms in total. The van der Waals surface area contributed by atoms with Gasteiger partial charge in [0.2, 0.25) is 0 Å². The van der Waals surface area contributed by atoms with Crippen molar-refractivity contribution in [3.63, 3.8) is 0 Å². The molecule has 3 aromatic heterocycles. The molecule has 4 rings (SSSR count). The lowest BCUT2D eigenvalue weighted by Crippen LogP contribution is -2.12. The highest BCUT2D eigenvalue weighted by Crippen LogP contribution is 2.39. The lowest BCUT2D eigenvalue weighted by atomic mass is 10.1. The van der Waals surface area contributed by atoms with Crippen molar-refractivity contribution in [1.29, 1.82) is 0 Å². The van der Waals surface area contributed by atoms with Crippen LogP contribution in [0.1, 0.15) is 4.88 Å². The largest absolute Gasteiger partial charge is 0.425 e. The molecule has 0 spiro atoms. The predicted octanol–water partition coefficient (Wildman–Crippen LogP) is 5.02. The Kier molecular flexibility index (Phi) is 4.08. The van der Waals surface area contributed by atoms with Crippen LogP contribution in [-0.2, 0) is 16.2 Å². The van der Waals surface area contributed by atoms with Crippen molar-refractivity contribution < 1.29 is 21.6 Å². The average molecular weight is 408 g/mol. The molecule has 9 heteroatoms. The molecular formula is C18H11F3N2O2S2. The summed E-state index contributed by atoms with van der Waals surface area (Å²) in [7, 11) is -3.94. The molecule has 0 saturated carbocycles. The summed E-state index contributed by atoms with van der Waals surface area (Å²) in [5, 5.41) is 1.83. The lowest BCUT2D eigenvalue weighted by molar-refractivity contribution is -0.134. The molecular weight excluding hydrogens is 397 g/mol. The number of benzene rings is 1. The third kappa shape index (κ3) is 3.02. The zero-order chi connectivity index (χ0) is 19.2. The van der Waals surface area contributed by atoms with E-state index in [1.54, 1.807) is 30.3 Å². The van der Waals surface area contributed by atoms with Crippen molar-refractivity contribution in [2.75, 3.05) is 0 Å². The minimum Gasteiger partial charge on any atom is -0.237 e. The second kappa shape index (κ2) is 6.21. The quantitative estimate of drug-likeness (QED) is 0.478. The van der Waals surface area contributed by atoms with Crippen LogP contribution in [0.5, 0.6) is 0 Å². The fourth-order valence-electron chi connectivity index (χ4n) is 2.78. The molecule has 27 heavy (non-hydrogen) atoms. The Morgan fingerprint density at radius 3 is 2.44 bits per heavy atom. The molecule has 3 heterocycles. The fourth-order valence-corrected chi connectivity index (χ4v) is 4.90. The van der Waals surface area contributed by atoms with E-state index in [4.69, 9.17) is 0 Å². The molecule has 138 valence electrons. The molecule has 0 aliphatic carbocycles. The number of aromatic nitrogens is 2. The number of hydrogen-bond donors (Lipinski definition) is 0. The number of halogens is 3. The van der Waals surface area contributed by atoms with E-state index in [9.17, 15) is 21.6 Å². The first kappa shape index (κ1) is 17.7. The van der Waals surface area contributed by atoms with Crippen molar-refractivity contribution in [3.05, 3.63) is 71.2 Å². The van der Waals surface area contributed by atoms with Crippen LogP contribution in [0.3, 0.4) is 0 Å². The van der Waals surface area contributed by atoms with E-state index in [2.05, 4.69) is 4.98 Å². The fraction of sp³-hybridized carbons (Fsp3) is 0.0556. The molecule has 0 N–H and O–H groups in total. The van der Waals surface area contributed by atoms with E-state index in [0.29, 0.717) is 27.8 Å². The summed E-state index contributed by atoms with van der Waals surface area (Å²) in [6.07, 6.45) is -1.68. The number of pyridine rings is 1. The first-order valence-electron chi connectivity index (χ1n) is 7.71. The van der Waals surface area contributed by atoms with Gasteiger partial charge in [0.05, 0.1) is 4.90 Å². The van der Waals surface area contributed by atoms with E-state index in [1.807, 2.05) is 0 Å². The topological polar surface area (TPSA) is 52.0 Å². The molecule has 0 saturated heterocycles. The normalized spacial score (nSPS) is 12.6. The number of nitrogens with zero attached hydrogens (tertiary/aromatic N) is 2. The van der Waals surface area contributed by atoms with Crippen LogP contribution in [0.4, 0.5) is 13.2 Å². The van der Waals surface area contributed by atoms with Crippen molar-refractivity contribution in [3.8, 4) is 11.1 Å². The summed E-state index contributed by atoms with van der Waals surface area (Å²) < 4.78 is 65.8. The highest BCUT2D eigenvalue weighted by Gasteiger charge is 2.33. The molecule has 0 aliphatic rings. The van der Waals surface area contributed by atoms with Gasteiger partial charge in [-0.2, -0.15) is 13.2 Å². The lowest BCUT2D eigenvalue weighted by Gasteiger charge is -2.06. The summed E-state index contributed by atoms with van der Waals surface area (Å²) in [4.78, 5) is 3.47. The maximum Gasteiger partial charge on any atom is 0.425 e. The van der Waals surface area contributed by atoms with E-state index >= 15 is 0 Å². The Morgan fingerprint density at radius 2 is 1.78 bits per heavy atom. The molecule has 4 aromatic rings. The molecule has 0 atom stereocenters. The van der Waals surface area contributed by atoms with Gasteiger partial charge in [-0.25, -0.2) is 17.4 Å². The van der Waals surface area contributed by atoms with Crippen LogP contribution in [0, 0.1) is 0 Å². The molecule has 0 radical (unpaired) electrons. The van der Waals surface area contributed by atoms with E-state index in [1.165, 1.54) is 29.9 Å².